The van der Waals surface area contributed by atoms with E-state index in [0.29, 0.717) is 6.54 Å². The topological polar surface area (TPSA) is 65.1 Å². The molecule has 1 aliphatic rings. The molecule has 2 atom stereocenters. The van der Waals surface area contributed by atoms with Crippen LogP contribution in [0.4, 0.5) is 0 Å². The lowest BCUT2D eigenvalue weighted by Crippen LogP contribution is -2.61. The van der Waals surface area contributed by atoms with Crippen LogP contribution in [-0.4, -0.2) is 43.4 Å². The zero-order valence-corrected chi connectivity index (χ0v) is 19.6. The molecule has 1 heterocycles. The fourth-order valence-electron chi connectivity index (χ4n) is 4.14. The normalized spacial score (nSPS) is 20.2. The average molecular weight is 450 g/mol. The number of carbonyl (C=O) groups excluding carboxylic acids is 2. The molecule has 0 unspecified atom stereocenters. The molecule has 2 aromatic rings. The Bertz CT molecular complexity index is 980. The standard InChI is InChI=1S/C27H31NO5/c1-20(2)17-24-27(25(29)31-3,26(30)32-4)18-23(16-15-21-11-7-5-8-12-21)33-28(24)19-22-13-9-6-10-14-22/h5-17,23-24H,18-19H2,1-4H3/b16-15+/t23-,24+/m0/s1. The van der Waals surface area contributed by atoms with Crippen molar-refractivity contribution in [3.63, 3.8) is 0 Å². The van der Waals surface area contributed by atoms with Gasteiger partial charge in [0.1, 0.15) is 0 Å². The van der Waals surface area contributed by atoms with Gasteiger partial charge >= 0.3 is 11.9 Å². The fourth-order valence-corrected chi connectivity index (χ4v) is 4.14. The Morgan fingerprint density at radius 3 is 2.12 bits per heavy atom. The Balaban J connectivity index is 2.09. The van der Waals surface area contributed by atoms with Gasteiger partial charge in [-0.05, 0) is 25.0 Å². The summed E-state index contributed by atoms with van der Waals surface area (Å²) in [5, 5.41) is 1.69. The van der Waals surface area contributed by atoms with Gasteiger partial charge in [-0.15, -0.1) is 0 Å². The molecule has 0 aromatic heterocycles. The Morgan fingerprint density at radius 1 is 1.00 bits per heavy atom. The lowest BCUT2D eigenvalue weighted by molar-refractivity contribution is -0.268. The third kappa shape index (κ3) is 5.59. The molecule has 0 aliphatic carbocycles. The summed E-state index contributed by atoms with van der Waals surface area (Å²) in [7, 11) is 2.58. The van der Waals surface area contributed by atoms with Gasteiger partial charge in [0.15, 0.2) is 5.41 Å². The molecule has 6 heteroatoms. The van der Waals surface area contributed by atoms with Gasteiger partial charge in [-0.25, -0.2) is 0 Å². The predicted octanol–water partition coefficient (Wildman–Crippen LogP) is 4.57. The Kier molecular flexibility index (Phi) is 8.20. The van der Waals surface area contributed by atoms with Crippen LogP contribution in [0.25, 0.3) is 6.08 Å². The van der Waals surface area contributed by atoms with Crippen LogP contribution >= 0.6 is 0 Å². The highest BCUT2D eigenvalue weighted by Crippen LogP contribution is 2.42. The first kappa shape index (κ1) is 24.4. The minimum Gasteiger partial charge on any atom is -0.468 e. The number of hydrogen-bond donors (Lipinski definition) is 0. The lowest BCUT2D eigenvalue weighted by Gasteiger charge is -2.46. The number of methoxy groups -OCH3 is 2. The van der Waals surface area contributed by atoms with Gasteiger partial charge < -0.3 is 9.47 Å². The highest BCUT2D eigenvalue weighted by atomic mass is 16.7. The van der Waals surface area contributed by atoms with Crippen molar-refractivity contribution in [1.82, 2.24) is 5.06 Å². The van der Waals surface area contributed by atoms with Crippen LogP contribution in [0.15, 0.2) is 78.4 Å². The largest absolute Gasteiger partial charge is 0.468 e. The van der Waals surface area contributed by atoms with E-state index in [2.05, 4.69) is 0 Å². The number of esters is 2. The zero-order valence-electron chi connectivity index (χ0n) is 19.6. The van der Waals surface area contributed by atoms with E-state index in [1.165, 1.54) is 14.2 Å². The van der Waals surface area contributed by atoms with E-state index in [1.54, 1.807) is 5.06 Å². The highest BCUT2D eigenvalue weighted by molar-refractivity contribution is 6.01. The molecule has 0 N–H and O–H groups in total. The summed E-state index contributed by atoms with van der Waals surface area (Å²) in [4.78, 5) is 32.8. The number of benzene rings is 2. The Labute approximate surface area is 195 Å². The molecule has 0 radical (unpaired) electrons. The second-order valence-corrected chi connectivity index (χ2v) is 8.32. The third-order valence-electron chi connectivity index (χ3n) is 5.68. The van der Waals surface area contributed by atoms with Gasteiger partial charge in [0.05, 0.1) is 26.4 Å². The van der Waals surface area contributed by atoms with Crippen LogP contribution in [0, 0.1) is 5.41 Å². The summed E-state index contributed by atoms with van der Waals surface area (Å²) in [6.07, 6.45) is 5.20. The van der Waals surface area contributed by atoms with E-state index in [1.807, 2.05) is 92.7 Å². The van der Waals surface area contributed by atoms with Crippen molar-refractivity contribution in [2.24, 2.45) is 5.41 Å². The second kappa shape index (κ2) is 11.1. The first-order chi connectivity index (χ1) is 15.9. The SMILES string of the molecule is COC(=O)C1(C(=O)OC)C[C@H](/C=C/c2ccccc2)ON(Cc2ccccc2)[C@@H]1C=C(C)C. The molecule has 0 saturated carbocycles. The molecule has 0 bridgehead atoms. The minimum atomic E-state index is -1.58. The summed E-state index contributed by atoms with van der Waals surface area (Å²) in [6, 6.07) is 18.8. The number of carbonyl (C=O) groups is 2. The monoisotopic (exact) mass is 449 g/mol. The minimum absolute atomic E-state index is 0.0927. The van der Waals surface area contributed by atoms with Crippen molar-refractivity contribution in [3.8, 4) is 0 Å². The van der Waals surface area contributed by atoms with Gasteiger partial charge in [-0.2, -0.15) is 5.06 Å². The number of hydrogen-bond acceptors (Lipinski definition) is 6. The number of ether oxygens (including phenoxy) is 2. The Hall–Kier alpha value is -3.22. The van der Waals surface area contributed by atoms with Crippen LogP contribution in [0.2, 0.25) is 0 Å². The first-order valence-corrected chi connectivity index (χ1v) is 10.9. The zero-order chi connectivity index (χ0) is 23.8. The number of allylic oxidation sites excluding steroid dienone is 1. The van der Waals surface area contributed by atoms with E-state index in [9.17, 15) is 9.59 Å². The maximum atomic E-state index is 13.2. The molecule has 0 spiro atoms. The number of hydroxylamine groups is 2. The fraction of sp³-hybridized carbons (Fsp3) is 0.333. The summed E-state index contributed by atoms with van der Waals surface area (Å²) < 4.78 is 10.3. The molecule has 6 nitrogen and oxygen atoms in total. The van der Waals surface area contributed by atoms with Crippen molar-refractivity contribution in [2.45, 2.75) is 39.0 Å². The molecule has 2 aromatic carbocycles. The van der Waals surface area contributed by atoms with Crippen molar-refractivity contribution in [1.29, 1.82) is 0 Å². The molecule has 1 fully saturated rings. The maximum absolute atomic E-state index is 13.2. The number of rotatable bonds is 7. The first-order valence-electron chi connectivity index (χ1n) is 10.9. The van der Waals surface area contributed by atoms with E-state index in [0.717, 1.165) is 16.7 Å². The molecule has 1 aliphatic heterocycles. The van der Waals surface area contributed by atoms with E-state index >= 15 is 0 Å². The van der Waals surface area contributed by atoms with Crippen molar-refractivity contribution < 1.29 is 23.9 Å². The van der Waals surface area contributed by atoms with Crippen LogP contribution in [0.3, 0.4) is 0 Å². The summed E-state index contributed by atoms with van der Waals surface area (Å²) in [6.45, 7) is 4.21. The van der Waals surface area contributed by atoms with Crippen molar-refractivity contribution in [2.75, 3.05) is 14.2 Å². The highest BCUT2D eigenvalue weighted by Gasteiger charge is 2.60. The average Bonchev–Trinajstić information content (AvgIpc) is 2.84. The van der Waals surface area contributed by atoms with Crippen molar-refractivity contribution in [3.05, 3.63) is 89.5 Å². The molecular formula is C27H31NO5. The van der Waals surface area contributed by atoms with Gasteiger partial charge in [-0.1, -0.05) is 84.5 Å². The molecule has 1 saturated heterocycles. The molecule has 33 heavy (non-hydrogen) atoms. The van der Waals surface area contributed by atoms with Gasteiger partial charge in [0.25, 0.3) is 0 Å². The summed E-state index contributed by atoms with van der Waals surface area (Å²) >= 11 is 0. The lowest BCUT2D eigenvalue weighted by atomic mass is 9.73. The molecular weight excluding hydrogens is 418 g/mol. The predicted molar refractivity (Wildman–Crippen MR) is 127 cm³/mol. The van der Waals surface area contributed by atoms with Crippen LogP contribution in [0.1, 0.15) is 31.4 Å². The van der Waals surface area contributed by atoms with E-state index in [-0.39, 0.29) is 6.42 Å². The summed E-state index contributed by atoms with van der Waals surface area (Å²) in [5.41, 5.74) is 1.33. The van der Waals surface area contributed by atoms with Crippen LogP contribution in [-0.2, 0) is 30.4 Å². The van der Waals surface area contributed by atoms with Crippen molar-refractivity contribution >= 4 is 18.0 Å². The van der Waals surface area contributed by atoms with E-state index in [4.69, 9.17) is 14.3 Å². The van der Waals surface area contributed by atoms with Gasteiger partial charge in [0, 0.05) is 13.0 Å². The van der Waals surface area contributed by atoms with E-state index < -0.39 is 29.5 Å². The second-order valence-electron chi connectivity index (χ2n) is 8.32. The van der Waals surface area contributed by atoms with Crippen LogP contribution in [0.5, 0.6) is 0 Å². The summed E-state index contributed by atoms with van der Waals surface area (Å²) in [5.74, 6) is -1.28. The molecule has 0 amide bonds. The molecule has 174 valence electrons. The number of nitrogens with zero attached hydrogens (tertiary/aromatic N) is 1. The maximum Gasteiger partial charge on any atom is 0.325 e. The third-order valence-corrected chi connectivity index (χ3v) is 5.68. The van der Waals surface area contributed by atoms with Gasteiger partial charge in [-0.3, -0.25) is 14.4 Å². The quantitative estimate of drug-likeness (QED) is 0.350. The van der Waals surface area contributed by atoms with Gasteiger partial charge in [0.2, 0.25) is 0 Å². The van der Waals surface area contributed by atoms with Crippen LogP contribution < -0.4 is 0 Å². The Morgan fingerprint density at radius 2 is 1.58 bits per heavy atom. The smallest absolute Gasteiger partial charge is 0.325 e. The molecule has 3 rings (SSSR count).